The van der Waals surface area contributed by atoms with Crippen molar-refractivity contribution < 1.29 is 14.3 Å². The summed E-state index contributed by atoms with van der Waals surface area (Å²) in [5.74, 6) is 1.28. The predicted octanol–water partition coefficient (Wildman–Crippen LogP) is 3.96. The second-order valence-electron chi connectivity index (χ2n) is 5.77. The fraction of sp³-hybridized carbons (Fsp3) is 0.143. The molecule has 1 aromatic heterocycles. The quantitative estimate of drug-likeness (QED) is 0.503. The average molecular weight is 474 g/mol. The Bertz CT molecular complexity index is 853. The molecule has 0 saturated carbocycles. The van der Waals surface area contributed by atoms with Gasteiger partial charge in [-0.15, -0.1) is 0 Å². The van der Waals surface area contributed by atoms with Crippen LogP contribution in [0, 0.1) is 3.57 Å². The molecule has 0 unspecified atom stereocenters. The fourth-order valence-electron chi connectivity index (χ4n) is 2.28. The lowest BCUT2D eigenvalue weighted by molar-refractivity contribution is -0.123. The van der Waals surface area contributed by atoms with Crippen molar-refractivity contribution in [1.29, 1.82) is 0 Å². The second-order valence-corrected chi connectivity index (χ2v) is 7.02. The van der Waals surface area contributed by atoms with E-state index in [1.54, 1.807) is 6.20 Å². The summed E-state index contributed by atoms with van der Waals surface area (Å²) in [7, 11) is 0. The van der Waals surface area contributed by atoms with Gasteiger partial charge < -0.3 is 14.8 Å². The summed E-state index contributed by atoms with van der Waals surface area (Å²) in [6.07, 6.45) is 1.74. The number of pyridine rings is 1. The maximum atomic E-state index is 11.9. The van der Waals surface area contributed by atoms with Gasteiger partial charge in [-0.25, -0.2) is 0 Å². The molecule has 0 saturated heterocycles. The lowest BCUT2D eigenvalue weighted by Crippen LogP contribution is -2.28. The van der Waals surface area contributed by atoms with E-state index in [-0.39, 0.29) is 12.5 Å². The molecule has 138 valence electrons. The van der Waals surface area contributed by atoms with Gasteiger partial charge in [-0.05, 0) is 76.7 Å². The van der Waals surface area contributed by atoms with Crippen LogP contribution in [0.25, 0.3) is 0 Å². The molecule has 27 heavy (non-hydrogen) atoms. The Morgan fingerprint density at radius 3 is 2.33 bits per heavy atom. The second kappa shape index (κ2) is 9.91. The molecular weight excluding hydrogens is 455 g/mol. The van der Waals surface area contributed by atoms with Crippen molar-refractivity contribution in [1.82, 2.24) is 10.3 Å². The number of hydrogen-bond donors (Lipinski definition) is 1. The van der Waals surface area contributed by atoms with Crippen molar-refractivity contribution in [3.63, 3.8) is 0 Å². The van der Waals surface area contributed by atoms with E-state index in [9.17, 15) is 4.79 Å². The highest BCUT2D eigenvalue weighted by Gasteiger charge is 2.04. The zero-order valence-corrected chi connectivity index (χ0v) is 16.8. The topological polar surface area (TPSA) is 60.5 Å². The number of nitrogens with one attached hydrogen (secondary N) is 1. The number of aromatic nitrogens is 1. The van der Waals surface area contributed by atoms with Crippen LogP contribution in [0.15, 0.2) is 72.9 Å². The Labute approximate surface area is 171 Å². The van der Waals surface area contributed by atoms with Crippen molar-refractivity contribution in [2.45, 2.75) is 13.2 Å². The van der Waals surface area contributed by atoms with Crippen LogP contribution >= 0.6 is 22.6 Å². The summed E-state index contributed by atoms with van der Waals surface area (Å²) in [6, 6.07) is 20.9. The first-order chi connectivity index (χ1) is 13.2. The first kappa shape index (κ1) is 19.2. The van der Waals surface area contributed by atoms with E-state index in [4.69, 9.17) is 9.47 Å². The number of hydrogen-bond acceptors (Lipinski definition) is 4. The molecule has 6 heteroatoms. The molecule has 0 aliphatic rings. The Hall–Kier alpha value is -2.61. The molecule has 3 aromatic rings. The van der Waals surface area contributed by atoms with Gasteiger partial charge in [0.25, 0.3) is 5.91 Å². The standard InChI is InChI=1S/C21H19IN2O3/c22-17-6-10-20(11-7-17)27-15-21(25)24-13-16-4-8-19(9-5-16)26-14-18-3-1-2-12-23-18/h1-12H,13-15H2,(H,24,25). The highest BCUT2D eigenvalue weighted by Crippen LogP contribution is 2.14. The van der Waals surface area contributed by atoms with Crippen LogP contribution in [0.4, 0.5) is 0 Å². The Morgan fingerprint density at radius 1 is 0.926 bits per heavy atom. The molecule has 0 aliphatic carbocycles. The minimum Gasteiger partial charge on any atom is -0.487 e. The van der Waals surface area contributed by atoms with E-state index in [0.29, 0.717) is 18.9 Å². The van der Waals surface area contributed by atoms with E-state index in [1.807, 2.05) is 66.7 Å². The van der Waals surface area contributed by atoms with Crippen molar-refractivity contribution >= 4 is 28.5 Å². The van der Waals surface area contributed by atoms with Crippen LogP contribution in [0.3, 0.4) is 0 Å². The first-order valence-corrected chi connectivity index (χ1v) is 9.53. The van der Waals surface area contributed by atoms with Crippen molar-refractivity contribution in [3.05, 3.63) is 87.8 Å². The van der Waals surface area contributed by atoms with Gasteiger partial charge in [0.15, 0.2) is 6.61 Å². The first-order valence-electron chi connectivity index (χ1n) is 8.46. The zero-order valence-electron chi connectivity index (χ0n) is 14.6. The predicted molar refractivity (Wildman–Crippen MR) is 112 cm³/mol. The molecule has 0 bridgehead atoms. The molecule has 3 rings (SSSR count). The van der Waals surface area contributed by atoms with Gasteiger partial charge in [0, 0.05) is 16.3 Å². The molecule has 2 aromatic carbocycles. The largest absolute Gasteiger partial charge is 0.487 e. The summed E-state index contributed by atoms with van der Waals surface area (Å²) in [6.45, 7) is 0.855. The number of rotatable bonds is 8. The Morgan fingerprint density at radius 2 is 1.63 bits per heavy atom. The summed E-state index contributed by atoms with van der Waals surface area (Å²) in [5.41, 5.74) is 1.87. The van der Waals surface area contributed by atoms with Gasteiger partial charge in [-0.3, -0.25) is 9.78 Å². The number of ether oxygens (including phenoxy) is 2. The van der Waals surface area contributed by atoms with E-state index < -0.39 is 0 Å². The van der Waals surface area contributed by atoms with Gasteiger partial charge in [0.05, 0.1) is 5.69 Å². The maximum Gasteiger partial charge on any atom is 0.258 e. The van der Waals surface area contributed by atoms with Crippen LogP contribution in [0.1, 0.15) is 11.3 Å². The molecule has 1 heterocycles. The van der Waals surface area contributed by atoms with Crippen LogP contribution in [0.5, 0.6) is 11.5 Å². The molecule has 1 amide bonds. The fourth-order valence-corrected chi connectivity index (χ4v) is 2.64. The molecule has 5 nitrogen and oxygen atoms in total. The molecular formula is C21H19IN2O3. The van der Waals surface area contributed by atoms with Crippen molar-refractivity contribution in [2.24, 2.45) is 0 Å². The maximum absolute atomic E-state index is 11.9. The lowest BCUT2D eigenvalue weighted by atomic mass is 10.2. The third-order valence-electron chi connectivity index (χ3n) is 3.71. The Kier molecular flexibility index (Phi) is 7.04. The smallest absolute Gasteiger partial charge is 0.258 e. The zero-order chi connectivity index (χ0) is 18.9. The SMILES string of the molecule is O=C(COc1ccc(I)cc1)NCc1ccc(OCc2ccccn2)cc1. The van der Waals surface area contributed by atoms with E-state index >= 15 is 0 Å². The Balaban J connectivity index is 1.40. The summed E-state index contributed by atoms with van der Waals surface area (Å²) >= 11 is 2.22. The number of amides is 1. The van der Waals surface area contributed by atoms with E-state index in [2.05, 4.69) is 32.9 Å². The van der Waals surface area contributed by atoms with E-state index in [0.717, 1.165) is 20.6 Å². The monoisotopic (exact) mass is 474 g/mol. The molecule has 1 N–H and O–H groups in total. The van der Waals surface area contributed by atoms with Crippen molar-refractivity contribution in [2.75, 3.05) is 6.61 Å². The third kappa shape index (κ3) is 6.56. The highest BCUT2D eigenvalue weighted by molar-refractivity contribution is 14.1. The third-order valence-corrected chi connectivity index (χ3v) is 4.43. The molecule has 0 atom stereocenters. The van der Waals surface area contributed by atoms with E-state index in [1.165, 1.54) is 0 Å². The lowest BCUT2D eigenvalue weighted by Gasteiger charge is -2.09. The van der Waals surface area contributed by atoms with Gasteiger partial charge in [-0.2, -0.15) is 0 Å². The van der Waals surface area contributed by atoms with Gasteiger partial charge >= 0.3 is 0 Å². The molecule has 0 spiro atoms. The van der Waals surface area contributed by atoms with Crippen LogP contribution < -0.4 is 14.8 Å². The van der Waals surface area contributed by atoms with Gasteiger partial charge in [-0.1, -0.05) is 18.2 Å². The van der Waals surface area contributed by atoms with Crippen molar-refractivity contribution in [3.8, 4) is 11.5 Å². The summed E-state index contributed by atoms with van der Waals surface area (Å²) in [4.78, 5) is 16.1. The summed E-state index contributed by atoms with van der Waals surface area (Å²) < 4.78 is 12.3. The molecule has 0 fully saturated rings. The van der Waals surface area contributed by atoms with Crippen LogP contribution in [-0.4, -0.2) is 17.5 Å². The molecule has 0 aliphatic heterocycles. The number of nitrogens with zero attached hydrogens (tertiary/aromatic N) is 1. The minimum absolute atomic E-state index is 0.00807. The van der Waals surface area contributed by atoms with Crippen LogP contribution in [0.2, 0.25) is 0 Å². The number of carbonyl (C=O) groups is 1. The van der Waals surface area contributed by atoms with Gasteiger partial charge in [0.2, 0.25) is 0 Å². The van der Waals surface area contributed by atoms with Gasteiger partial charge in [0.1, 0.15) is 18.1 Å². The molecule has 0 radical (unpaired) electrons. The normalized spacial score (nSPS) is 10.3. The summed E-state index contributed by atoms with van der Waals surface area (Å²) in [5, 5.41) is 2.84. The minimum atomic E-state index is -0.163. The number of benzene rings is 2. The van der Waals surface area contributed by atoms with Crippen LogP contribution in [-0.2, 0) is 17.9 Å². The highest BCUT2D eigenvalue weighted by atomic mass is 127. The average Bonchev–Trinajstić information content (AvgIpc) is 2.72. The number of halogens is 1. The number of carbonyl (C=O) groups excluding carboxylic acids is 1.